The number of hydrogen-bond acceptors (Lipinski definition) is 4. The van der Waals surface area contributed by atoms with E-state index in [-0.39, 0.29) is 6.42 Å². The molecule has 94 valence electrons. The number of aromatic nitrogens is 1. The largest absolute Gasteiger partial charge is 0.466 e. The highest BCUT2D eigenvalue weighted by molar-refractivity contribution is 5.79. The van der Waals surface area contributed by atoms with E-state index < -0.39 is 12.1 Å². The van der Waals surface area contributed by atoms with Crippen molar-refractivity contribution in [2.24, 2.45) is 0 Å². The molecular formula is C14H15NO3. The maximum Gasteiger partial charge on any atom is 0.308 e. The minimum absolute atomic E-state index is 0.0478. The van der Waals surface area contributed by atoms with Gasteiger partial charge in [0, 0.05) is 17.1 Å². The highest BCUT2D eigenvalue weighted by Crippen LogP contribution is 2.20. The average molecular weight is 245 g/mol. The van der Waals surface area contributed by atoms with Crippen molar-refractivity contribution in [1.82, 2.24) is 4.98 Å². The fraction of sp³-hybridized carbons (Fsp3) is 0.286. The number of para-hydroxylation sites is 1. The van der Waals surface area contributed by atoms with Crippen LogP contribution in [0.15, 0.2) is 36.5 Å². The van der Waals surface area contributed by atoms with Crippen LogP contribution in [0.5, 0.6) is 0 Å². The Morgan fingerprint density at radius 3 is 3.00 bits per heavy atom. The maximum atomic E-state index is 11.3. The summed E-state index contributed by atoms with van der Waals surface area (Å²) >= 11 is 0. The lowest BCUT2D eigenvalue weighted by Gasteiger charge is -2.10. The molecule has 1 N–H and O–H groups in total. The predicted octanol–water partition coefficient (Wildman–Crippen LogP) is 2.22. The van der Waals surface area contributed by atoms with Crippen molar-refractivity contribution in [3.05, 3.63) is 42.1 Å². The summed E-state index contributed by atoms with van der Waals surface area (Å²) in [6.07, 6.45) is 0.668. The van der Waals surface area contributed by atoms with E-state index in [0.717, 1.165) is 10.9 Å². The van der Waals surface area contributed by atoms with E-state index in [4.69, 9.17) is 4.74 Å². The summed E-state index contributed by atoms with van der Waals surface area (Å²) in [7, 11) is 0. The van der Waals surface area contributed by atoms with Crippen LogP contribution < -0.4 is 0 Å². The number of ether oxygens (including phenoxy) is 1. The summed E-state index contributed by atoms with van der Waals surface area (Å²) in [6.45, 7) is 2.06. The smallest absolute Gasteiger partial charge is 0.308 e. The normalized spacial score (nSPS) is 12.3. The Labute approximate surface area is 105 Å². The van der Waals surface area contributed by atoms with E-state index in [1.807, 2.05) is 30.3 Å². The second-order valence-electron chi connectivity index (χ2n) is 3.99. The molecule has 0 amide bonds. The van der Waals surface area contributed by atoms with Gasteiger partial charge in [-0.1, -0.05) is 18.2 Å². The van der Waals surface area contributed by atoms with Crippen LogP contribution in [0.25, 0.3) is 10.9 Å². The lowest BCUT2D eigenvalue weighted by molar-refractivity contribution is -0.145. The Hall–Kier alpha value is -1.94. The number of aliphatic hydroxyl groups excluding tert-OH is 1. The molecule has 18 heavy (non-hydrogen) atoms. The van der Waals surface area contributed by atoms with E-state index in [1.54, 1.807) is 13.1 Å². The minimum atomic E-state index is -0.874. The fourth-order valence-electron chi connectivity index (χ4n) is 1.77. The van der Waals surface area contributed by atoms with Crippen LogP contribution in [-0.2, 0) is 9.53 Å². The number of nitrogens with zero attached hydrogens (tertiary/aromatic N) is 1. The molecule has 1 heterocycles. The number of aliphatic hydroxyl groups is 1. The molecule has 4 heteroatoms. The average Bonchev–Trinajstić information content (AvgIpc) is 2.38. The number of benzene rings is 1. The van der Waals surface area contributed by atoms with Crippen LogP contribution in [0.2, 0.25) is 0 Å². The van der Waals surface area contributed by atoms with Crippen molar-refractivity contribution in [2.75, 3.05) is 6.61 Å². The number of pyridine rings is 1. The molecule has 0 saturated carbocycles. The van der Waals surface area contributed by atoms with Crippen molar-refractivity contribution in [1.29, 1.82) is 0 Å². The van der Waals surface area contributed by atoms with Gasteiger partial charge in [-0.2, -0.15) is 0 Å². The van der Waals surface area contributed by atoms with Gasteiger partial charge in [-0.25, -0.2) is 0 Å². The summed E-state index contributed by atoms with van der Waals surface area (Å²) < 4.78 is 4.80. The van der Waals surface area contributed by atoms with Crippen molar-refractivity contribution in [2.45, 2.75) is 19.4 Å². The van der Waals surface area contributed by atoms with Crippen LogP contribution in [-0.4, -0.2) is 22.7 Å². The quantitative estimate of drug-likeness (QED) is 0.839. The van der Waals surface area contributed by atoms with Gasteiger partial charge in [-0.05, 0) is 19.1 Å². The first-order valence-corrected chi connectivity index (χ1v) is 5.89. The molecule has 2 rings (SSSR count). The number of carbonyl (C=O) groups is 1. The van der Waals surface area contributed by atoms with Crippen molar-refractivity contribution >= 4 is 16.9 Å². The van der Waals surface area contributed by atoms with Gasteiger partial charge in [0.25, 0.3) is 0 Å². The van der Waals surface area contributed by atoms with Crippen LogP contribution in [0.1, 0.15) is 25.0 Å². The SMILES string of the molecule is CCOC(=O)CC(O)c1cnc2ccccc2c1. The topological polar surface area (TPSA) is 59.4 Å². The molecule has 0 spiro atoms. The third-order valence-electron chi connectivity index (χ3n) is 2.66. The lowest BCUT2D eigenvalue weighted by atomic mass is 10.1. The zero-order chi connectivity index (χ0) is 13.0. The van der Waals surface area contributed by atoms with Gasteiger partial charge in [-0.15, -0.1) is 0 Å². The number of carbonyl (C=O) groups excluding carboxylic acids is 1. The standard InChI is InChI=1S/C14H15NO3/c1-2-18-14(17)8-13(16)11-7-10-5-3-4-6-12(10)15-9-11/h3-7,9,13,16H,2,8H2,1H3. The first-order valence-electron chi connectivity index (χ1n) is 5.89. The molecule has 0 fully saturated rings. The molecule has 0 aliphatic rings. The predicted molar refractivity (Wildman–Crippen MR) is 68.0 cm³/mol. The fourth-order valence-corrected chi connectivity index (χ4v) is 1.77. The van der Waals surface area contributed by atoms with Crippen LogP contribution in [0.3, 0.4) is 0 Å². The Morgan fingerprint density at radius 2 is 2.22 bits per heavy atom. The number of fused-ring (bicyclic) bond motifs is 1. The first-order chi connectivity index (χ1) is 8.70. The summed E-state index contributed by atoms with van der Waals surface area (Å²) in [6, 6.07) is 9.47. The zero-order valence-electron chi connectivity index (χ0n) is 10.2. The van der Waals surface area contributed by atoms with E-state index in [0.29, 0.717) is 12.2 Å². The lowest BCUT2D eigenvalue weighted by Crippen LogP contribution is -2.10. The molecule has 0 saturated heterocycles. The molecule has 1 aromatic carbocycles. The van der Waals surface area contributed by atoms with E-state index >= 15 is 0 Å². The molecule has 0 radical (unpaired) electrons. The third kappa shape index (κ3) is 2.84. The molecule has 1 aromatic heterocycles. The van der Waals surface area contributed by atoms with Gasteiger partial charge in [0.1, 0.15) is 0 Å². The maximum absolute atomic E-state index is 11.3. The molecule has 1 atom stereocenters. The summed E-state index contributed by atoms with van der Waals surface area (Å²) in [4.78, 5) is 15.5. The van der Waals surface area contributed by atoms with Gasteiger partial charge in [0.05, 0.1) is 24.6 Å². The van der Waals surface area contributed by atoms with Gasteiger partial charge in [0.2, 0.25) is 0 Å². The first kappa shape index (κ1) is 12.5. The molecule has 2 aromatic rings. The van der Waals surface area contributed by atoms with Crippen LogP contribution >= 0.6 is 0 Å². The van der Waals surface area contributed by atoms with Crippen molar-refractivity contribution in [3.63, 3.8) is 0 Å². The molecule has 0 bridgehead atoms. The number of rotatable bonds is 4. The van der Waals surface area contributed by atoms with Gasteiger partial charge in [-0.3, -0.25) is 9.78 Å². The van der Waals surface area contributed by atoms with Crippen molar-refractivity contribution in [3.8, 4) is 0 Å². The van der Waals surface area contributed by atoms with E-state index in [1.165, 1.54) is 0 Å². The summed E-state index contributed by atoms with van der Waals surface area (Å²) in [5.74, 6) is -0.404. The molecular weight excluding hydrogens is 230 g/mol. The third-order valence-corrected chi connectivity index (χ3v) is 2.66. The monoisotopic (exact) mass is 245 g/mol. The molecule has 4 nitrogen and oxygen atoms in total. The van der Waals surface area contributed by atoms with Gasteiger partial charge >= 0.3 is 5.97 Å². The minimum Gasteiger partial charge on any atom is -0.466 e. The summed E-state index contributed by atoms with van der Waals surface area (Å²) in [5, 5.41) is 10.9. The second-order valence-corrected chi connectivity index (χ2v) is 3.99. The Morgan fingerprint density at radius 1 is 1.44 bits per heavy atom. The van der Waals surface area contributed by atoms with E-state index in [9.17, 15) is 9.90 Å². The number of esters is 1. The van der Waals surface area contributed by atoms with Crippen LogP contribution in [0.4, 0.5) is 0 Å². The number of hydrogen-bond donors (Lipinski definition) is 1. The Balaban J connectivity index is 2.17. The van der Waals surface area contributed by atoms with Gasteiger partial charge in [0.15, 0.2) is 0 Å². The van der Waals surface area contributed by atoms with Crippen molar-refractivity contribution < 1.29 is 14.6 Å². The Bertz CT molecular complexity index is 553. The zero-order valence-corrected chi connectivity index (χ0v) is 10.2. The molecule has 1 unspecified atom stereocenters. The Kier molecular flexibility index (Phi) is 3.89. The van der Waals surface area contributed by atoms with E-state index in [2.05, 4.69) is 4.98 Å². The molecule has 0 aliphatic carbocycles. The van der Waals surface area contributed by atoms with Gasteiger partial charge < -0.3 is 9.84 Å². The molecule has 0 aliphatic heterocycles. The summed E-state index contributed by atoms with van der Waals surface area (Å²) in [5.41, 5.74) is 1.49. The highest BCUT2D eigenvalue weighted by atomic mass is 16.5. The second kappa shape index (κ2) is 5.60. The van der Waals surface area contributed by atoms with Crippen LogP contribution in [0, 0.1) is 0 Å². The highest BCUT2D eigenvalue weighted by Gasteiger charge is 2.14.